The van der Waals surface area contributed by atoms with Crippen LogP contribution in [0.4, 0.5) is 0 Å². The van der Waals surface area contributed by atoms with Crippen molar-refractivity contribution in [1.29, 1.82) is 0 Å². The lowest BCUT2D eigenvalue weighted by Gasteiger charge is -2.08. The summed E-state index contributed by atoms with van der Waals surface area (Å²) in [6.07, 6.45) is 0.924. The van der Waals surface area contributed by atoms with Gasteiger partial charge in [0.05, 0.1) is 6.61 Å². The summed E-state index contributed by atoms with van der Waals surface area (Å²) < 4.78 is 5.79. The van der Waals surface area contributed by atoms with E-state index in [0.29, 0.717) is 6.61 Å². The predicted molar refractivity (Wildman–Crippen MR) is 90.5 cm³/mol. The molecule has 0 fully saturated rings. The number of ether oxygens (including phenoxy) is 1. The summed E-state index contributed by atoms with van der Waals surface area (Å²) in [5, 5.41) is 0. The Labute approximate surface area is 134 Å². The molecule has 0 heterocycles. The Morgan fingerprint density at radius 3 is 2.00 bits per heavy atom. The normalized spacial score (nSPS) is 9.35. The Hall–Kier alpha value is -1.18. The number of hydrogen-bond donors (Lipinski definition) is 0. The lowest BCUT2D eigenvalue weighted by atomic mass is 10.1. The molecule has 2 aromatic carbocycles. The molecule has 1 radical (unpaired) electrons. The van der Waals surface area contributed by atoms with Crippen LogP contribution in [0, 0.1) is 20.8 Å². The van der Waals surface area contributed by atoms with Crippen LogP contribution in [0.25, 0.3) is 0 Å². The van der Waals surface area contributed by atoms with Crippen LogP contribution in [0.5, 0.6) is 5.75 Å². The highest BCUT2D eigenvalue weighted by Crippen LogP contribution is 2.16. The molecule has 0 aliphatic rings. The summed E-state index contributed by atoms with van der Waals surface area (Å²) >= 11 is 0. The first-order valence-corrected chi connectivity index (χ1v) is 6.25. The molecule has 0 spiro atoms. The van der Waals surface area contributed by atoms with E-state index >= 15 is 0 Å². The van der Waals surface area contributed by atoms with Crippen molar-refractivity contribution in [1.82, 2.24) is 0 Å². The average Bonchev–Trinajstić information content (AvgIpc) is 2.30. The molecule has 20 heavy (non-hydrogen) atoms. The van der Waals surface area contributed by atoms with Gasteiger partial charge >= 0.3 is 0 Å². The van der Waals surface area contributed by atoms with Crippen molar-refractivity contribution in [3.05, 3.63) is 71.6 Å². The van der Waals surface area contributed by atoms with E-state index < -0.39 is 0 Å². The molecule has 2 aromatic rings. The molecule has 3 heteroatoms. The van der Waals surface area contributed by atoms with E-state index in [2.05, 4.69) is 51.1 Å². The quantitative estimate of drug-likeness (QED) is 0.776. The van der Waals surface area contributed by atoms with Crippen LogP contribution in [-0.2, 0) is 6.42 Å². The monoisotopic (exact) mass is 311 g/mol. The van der Waals surface area contributed by atoms with Gasteiger partial charge in [-0.3, -0.25) is 0 Å². The Bertz CT molecular complexity index is 501. The summed E-state index contributed by atoms with van der Waals surface area (Å²) in [6, 6.07) is 14.6. The van der Waals surface area contributed by atoms with Gasteiger partial charge in [-0.2, -0.15) is 0 Å². The summed E-state index contributed by atoms with van der Waals surface area (Å²) in [6.45, 7) is 8.77. The van der Waals surface area contributed by atoms with Crippen molar-refractivity contribution in [2.45, 2.75) is 20.3 Å². The minimum atomic E-state index is 0. The van der Waals surface area contributed by atoms with Crippen LogP contribution >= 0.6 is 24.8 Å². The topological polar surface area (TPSA) is 9.23 Å². The molecular weight excluding hydrogens is 291 g/mol. The van der Waals surface area contributed by atoms with E-state index in [4.69, 9.17) is 4.74 Å². The minimum Gasteiger partial charge on any atom is -0.493 e. The summed E-state index contributed by atoms with van der Waals surface area (Å²) in [4.78, 5) is 0. The number of rotatable bonds is 4. The third-order valence-electron chi connectivity index (χ3n) is 2.88. The van der Waals surface area contributed by atoms with Crippen molar-refractivity contribution < 1.29 is 4.74 Å². The maximum absolute atomic E-state index is 5.79. The first-order valence-electron chi connectivity index (χ1n) is 6.25. The lowest BCUT2D eigenvalue weighted by molar-refractivity contribution is 0.321. The molecule has 0 amide bonds. The van der Waals surface area contributed by atoms with Crippen LogP contribution < -0.4 is 4.74 Å². The number of benzene rings is 2. The number of halogens is 2. The molecule has 0 N–H and O–H groups in total. The molecule has 1 nitrogen and oxygen atoms in total. The van der Waals surface area contributed by atoms with Gasteiger partial charge in [-0.05, 0) is 55.2 Å². The van der Waals surface area contributed by atoms with Crippen molar-refractivity contribution in [2.75, 3.05) is 6.61 Å². The molecule has 0 saturated carbocycles. The fraction of sp³-hybridized carbons (Fsp3) is 0.235. The third kappa shape index (κ3) is 5.85. The van der Waals surface area contributed by atoms with Gasteiger partial charge in [-0.15, -0.1) is 24.8 Å². The van der Waals surface area contributed by atoms with Gasteiger partial charge in [-0.25, -0.2) is 0 Å². The largest absolute Gasteiger partial charge is 0.493 e. The zero-order valence-corrected chi connectivity index (χ0v) is 13.5. The summed E-state index contributed by atoms with van der Waals surface area (Å²) in [7, 11) is 0. The zero-order valence-electron chi connectivity index (χ0n) is 11.9. The number of hydrogen-bond acceptors (Lipinski definition) is 1. The molecule has 0 aliphatic heterocycles. The van der Waals surface area contributed by atoms with Crippen LogP contribution in [0.15, 0.2) is 42.5 Å². The van der Waals surface area contributed by atoms with Gasteiger partial charge in [0.15, 0.2) is 0 Å². The van der Waals surface area contributed by atoms with Gasteiger partial charge in [0.2, 0.25) is 0 Å². The van der Waals surface area contributed by atoms with E-state index in [9.17, 15) is 0 Å². The zero-order chi connectivity index (χ0) is 13.0. The molecule has 0 unspecified atom stereocenters. The maximum atomic E-state index is 5.79. The van der Waals surface area contributed by atoms with E-state index in [-0.39, 0.29) is 24.8 Å². The first-order chi connectivity index (χ1) is 8.63. The summed E-state index contributed by atoms with van der Waals surface area (Å²) in [5.41, 5.74) is 4.82. The molecule has 0 atom stereocenters. The highest BCUT2D eigenvalue weighted by molar-refractivity contribution is 5.85. The van der Waals surface area contributed by atoms with Crippen molar-refractivity contribution in [3.63, 3.8) is 0 Å². The SMILES string of the molecule is Cl.Cl.[CH2]c1ccc(CCOc2cc(C)cc(C)c2)cc1. The van der Waals surface area contributed by atoms with Crippen LogP contribution in [0.3, 0.4) is 0 Å². The molecule has 2 rings (SSSR count). The fourth-order valence-electron chi connectivity index (χ4n) is 2.01. The van der Waals surface area contributed by atoms with E-state index in [1.807, 2.05) is 12.1 Å². The third-order valence-corrected chi connectivity index (χ3v) is 2.88. The van der Waals surface area contributed by atoms with Crippen LogP contribution in [0.1, 0.15) is 22.3 Å². The molecule has 0 bridgehead atoms. The number of aryl methyl sites for hydroxylation is 2. The van der Waals surface area contributed by atoms with Crippen molar-refractivity contribution >= 4 is 24.8 Å². The second kappa shape index (κ2) is 8.89. The highest BCUT2D eigenvalue weighted by atomic mass is 35.5. The molecule has 0 aromatic heterocycles. The minimum absolute atomic E-state index is 0. The molecular formula is C17H21Cl2O. The van der Waals surface area contributed by atoms with E-state index in [0.717, 1.165) is 17.7 Å². The average molecular weight is 312 g/mol. The predicted octanol–water partition coefficient (Wildman–Crippen LogP) is 4.95. The van der Waals surface area contributed by atoms with Gasteiger partial charge in [0.25, 0.3) is 0 Å². The van der Waals surface area contributed by atoms with Gasteiger partial charge in [-0.1, -0.05) is 30.3 Å². The Balaban J connectivity index is 0.00000180. The Kier molecular flexibility index (Phi) is 8.36. The van der Waals surface area contributed by atoms with Gasteiger partial charge in [0, 0.05) is 6.42 Å². The maximum Gasteiger partial charge on any atom is 0.119 e. The van der Waals surface area contributed by atoms with Crippen LogP contribution in [-0.4, -0.2) is 6.61 Å². The molecule has 0 saturated heterocycles. The van der Waals surface area contributed by atoms with Crippen molar-refractivity contribution in [3.8, 4) is 5.75 Å². The van der Waals surface area contributed by atoms with Crippen molar-refractivity contribution in [2.24, 2.45) is 0 Å². The van der Waals surface area contributed by atoms with Crippen LogP contribution in [0.2, 0.25) is 0 Å². The van der Waals surface area contributed by atoms with E-state index in [1.54, 1.807) is 0 Å². The Morgan fingerprint density at radius 1 is 0.900 bits per heavy atom. The second-order valence-corrected chi connectivity index (χ2v) is 4.74. The van der Waals surface area contributed by atoms with Gasteiger partial charge < -0.3 is 4.74 Å². The van der Waals surface area contributed by atoms with E-state index in [1.165, 1.54) is 16.7 Å². The lowest BCUT2D eigenvalue weighted by Crippen LogP contribution is -2.01. The molecule has 0 aliphatic carbocycles. The molecule has 109 valence electrons. The second-order valence-electron chi connectivity index (χ2n) is 4.74. The fourth-order valence-corrected chi connectivity index (χ4v) is 2.01. The summed E-state index contributed by atoms with van der Waals surface area (Å²) in [5.74, 6) is 0.960. The highest BCUT2D eigenvalue weighted by Gasteiger charge is 1.98. The standard InChI is InChI=1S/C17H19O.2ClH/c1-13-4-6-16(7-5-13)8-9-18-17-11-14(2)10-15(3)12-17;;/h4-7,10-12H,1,8-9H2,2-3H3;2*1H. The Morgan fingerprint density at radius 2 is 1.45 bits per heavy atom. The first kappa shape index (κ1) is 18.8. The van der Waals surface area contributed by atoms with Gasteiger partial charge in [0.1, 0.15) is 5.75 Å². The smallest absolute Gasteiger partial charge is 0.119 e.